The van der Waals surface area contributed by atoms with Gasteiger partial charge in [0, 0.05) is 11.8 Å². The Labute approximate surface area is 197 Å². The van der Waals surface area contributed by atoms with Crippen molar-refractivity contribution in [3.8, 4) is 17.0 Å². The van der Waals surface area contributed by atoms with Crippen LogP contribution in [0.4, 0.5) is 0 Å². The molecule has 1 aromatic carbocycles. The van der Waals surface area contributed by atoms with Crippen LogP contribution in [0.2, 0.25) is 0 Å². The lowest BCUT2D eigenvalue weighted by Gasteiger charge is -2.28. The first-order valence-electron chi connectivity index (χ1n) is 13.5. The van der Waals surface area contributed by atoms with Crippen LogP contribution in [0.1, 0.15) is 103 Å². The Balaban J connectivity index is 1.32. The van der Waals surface area contributed by atoms with Gasteiger partial charge in [0.1, 0.15) is 5.75 Å². The maximum Gasteiger partial charge on any atom is 0.119 e. The van der Waals surface area contributed by atoms with Crippen molar-refractivity contribution in [2.45, 2.75) is 104 Å². The van der Waals surface area contributed by atoms with Crippen molar-refractivity contribution in [3.05, 3.63) is 48.2 Å². The van der Waals surface area contributed by atoms with E-state index in [1.807, 2.05) is 6.20 Å². The first-order chi connectivity index (χ1) is 15.8. The van der Waals surface area contributed by atoms with Crippen LogP contribution < -0.4 is 4.74 Å². The molecular formula is C30H45NO. The van der Waals surface area contributed by atoms with Gasteiger partial charge < -0.3 is 4.74 Å². The van der Waals surface area contributed by atoms with Gasteiger partial charge in [0.2, 0.25) is 0 Å². The summed E-state index contributed by atoms with van der Waals surface area (Å²) < 4.78 is 6.03. The van der Waals surface area contributed by atoms with Crippen molar-refractivity contribution in [2.24, 2.45) is 11.8 Å². The number of benzene rings is 1. The summed E-state index contributed by atoms with van der Waals surface area (Å²) >= 11 is 0. The number of unbranched alkanes of at least 4 members (excludes halogenated alkanes) is 4. The Kier molecular flexibility index (Phi) is 11.1. The Bertz CT molecular complexity index is 728. The van der Waals surface area contributed by atoms with Crippen molar-refractivity contribution in [1.29, 1.82) is 0 Å². The molecule has 0 atom stereocenters. The summed E-state index contributed by atoms with van der Waals surface area (Å²) in [6, 6.07) is 12.8. The first-order valence-corrected chi connectivity index (χ1v) is 13.5. The average molecular weight is 436 g/mol. The molecule has 2 heteroatoms. The highest BCUT2D eigenvalue weighted by atomic mass is 16.5. The second-order valence-electron chi connectivity index (χ2n) is 9.91. The lowest BCUT2D eigenvalue weighted by molar-refractivity contribution is 0.228. The molecule has 0 spiro atoms. The Hall–Kier alpha value is -1.83. The van der Waals surface area contributed by atoms with E-state index in [1.54, 1.807) is 0 Å². The number of pyridine rings is 1. The quantitative estimate of drug-likeness (QED) is 0.276. The van der Waals surface area contributed by atoms with E-state index in [0.29, 0.717) is 0 Å². The van der Waals surface area contributed by atoms with E-state index >= 15 is 0 Å². The van der Waals surface area contributed by atoms with Gasteiger partial charge in [-0.15, -0.1) is 0 Å². The van der Waals surface area contributed by atoms with Crippen LogP contribution in [0.5, 0.6) is 5.75 Å². The minimum absolute atomic E-state index is 0.834. The summed E-state index contributed by atoms with van der Waals surface area (Å²) in [4.78, 5) is 4.67. The van der Waals surface area contributed by atoms with Crippen molar-refractivity contribution < 1.29 is 4.74 Å². The van der Waals surface area contributed by atoms with Crippen molar-refractivity contribution in [3.63, 3.8) is 0 Å². The van der Waals surface area contributed by atoms with Gasteiger partial charge in [-0.05, 0) is 73.4 Å². The second-order valence-corrected chi connectivity index (χ2v) is 9.91. The van der Waals surface area contributed by atoms with Crippen LogP contribution in [-0.2, 0) is 6.42 Å². The van der Waals surface area contributed by atoms with Crippen LogP contribution in [0, 0.1) is 11.8 Å². The van der Waals surface area contributed by atoms with Gasteiger partial charge in [-0.1, -0.05) is 84.1 Å². The molecule has 1 aromatic heterocycles. The molecule has 0 aliphatic heterocycles. The molecule has 0 unspecified atom stereocenters. The largest absolute Gasteiger partial charge is 0.494 e. The fourth-order valence-electron chi connectivity index (χ4n) is 5.10. The normalized spacial score (nSPS) is 18.6. The van der Waals surface area contributed by atoms with Gasteiger partial charge in [0.25, 0.3) is 0 Å². The molecular weight excluding hydrogens is 390 g/mol. The van der Waals surface area contributed by atoms with E-state index in [9.17, 15) is 0 Å². The molecule has 1 heterocycles. The summed E-state index contributed by atoms with van der Waals surface area (Å²) in [6.07, 6.45) is 21.0. The Morgan fingerprint density at radius 2 is 1.41 bits per heavy atom. The molecule has 0 N–H and O–H groups in total. The average Bonchev–Trinajstić information content (AvgIpc) is 2.84. The molecule has 0 bridgehead atoms. The fourth-order valence-corrected chi connectivity index (χ4v) is 5.10. The number of ether oxygens (including phenoxy) is 1. The van der Waals surface area contributed by atoms with Crippen LogP contribution in [0.25, 0.3) is 11.3 Å². The van der Waals surface area contributed by atoms with Gasteiger partial charge in [0.05, 0.1) is 12.3 Å². The third-order valence-corrected chi connectivity index (χ3v) is 7.25. The highest BCUT2D eigenvalue weighted by Crippen LogP contribution is 2.34. The van der Waals surface area contributed by atoms with E-state index in [0.717, 1.165) is 41.9 Å². The van der Waals surface area contributed by atoms with Crippen molar-refractivity contribution in [2.75, 3.05) is 6.61 Å². The molecule has 0 saturated heterocycles. The number of hydrogen-bond acceptors (Lipinski definition) is 2. The van der Waals surface area contributed by atoms with Crippen LogP contribution in [-0.4, -0.2) is 11.6 Å². The minimum Gasteiger partial charge on any atom is -0.494 e. The summed E-state index contributed by atoms with van der Waals surface area (Å²) in [5, 5.41) is 0. The zero-order valence-corrected chi connectivity index (χ0v) is 20.7. The topological polar surface area (TPSA) is 22.1 Å². The maximum atomic E-state index is 6.03. The zero-order valence-electron chi connectivity index (χ0n) is 20.7. The molecule has 176 valence electrons. The highest BCUT2D eigenvalue weighted by Gasteiger charge is 2.20. The fraction of sp³-hybridized carbons (Fsp3) is 0.633. The van der Waals surface area contributed by atoms with Crippen LogP contribution in [0.15, 0.2) is 42.6 Å². The van der Waals surface area contributed by atoms with E-state index in [4.69, 9.17) is 4.74 Å². The monoisotopic (exact) mass is 435 g/mol. The lowest BCUT2D eigenvalue weighted by Crippen LogP contribution is -2.15. The minimum atomic E-state index is 0.834. The Morgan fingerprint density at radius 1 is 0.750 bits per heavy atom. The van der Waals surface area contributed by atoms with Gasteiger partial charge in [-0.2, -0.15) is 0 Å². The van der Waals surface area contributed by atoms with E-state index in [-0.39, 0.29) is 0 Å². The Morgan fingerprint density at radius 3 is 2.03 bits per heavy atom. The third-order valence-electron chi connectivity index (χ3n) is 7.25. The van der Waals surface area contributed by atoms with Crippen molar-refractivity contribution >= 4 is 0 Å². The number of nitrogens with zero attached hydrogens (tertiary/aromatic N) is 1. The molecule has 1 aliphatic rings. The van der Waals surface area contributed by atoms with Gasteiger partial charge in [0.15, 0.2) is 0 Å². The summed E-state index contributed by atoms with van der Waals surface area (Å²) in [7, 11) is 0. The van der Waals surface area contributed by atoms with Gasteiger partial charge >= 0.3 is 0 Å². The van der Waals surface area contributed by atoms with E-state index < -0.39 is 0 Å². The molecule has 32 heavy (non-hydrogen) atoms. The molecule has 2 nitrogen and oxygen atoms in total. The van der Waals surface area contributed by atoms with E-state index in [1.165, 1.54) is 89.0 Å². The first kappa shape index (κ1) is 24.8. The second kappa shape index (κ2) is 14.3. The number of hydrogen-bond donors (Lipinski definition) is 0. The molecule has 1 aliphatic carbocycles. The van der Waals surface area contributed by atoms with Crippen LogP contribution in [0.3, 0.4) is 0 Å². The molecule has 0 amide bonds. The number of aryl methyl sites for hydroxylation is 1. The molecule has 2 aromatic rings. The van der Waals surface area contributed by atoms with Gasteiger partial charge in [-0.3, -0.25) is 4.98 Å². The number of rotatable bonds is 14. The summed E-state index contributed by atoms with van der Waals surface area (Å²) in [6.45, 7) is 5.38. The predicted octanol–water partition coefficient (Wildman–Crippen LogP) is 9.03. The molecule has 1 fully saturated rings. The SMILES string of the molecule is CCCCCc1ccc(-c2ccc(OCCCC3CCC(CCCCC)CC3)cc2)nc1. The highest BCUT2D eigenvalue weighted by molar-refractivity contribution is 5.60. The summed E-state index contributed by atoms with van der Waals surface area (Å²) in [5.74, 6) is 2.92. The zero-order chi connectivity index (χ0) is 22.4. The molecule has 3 rings (SSSR count). The number of aromatic nitrogens is 1. The van der Waals surface area contributed by atoms with Gasteiger partial charge in [-0.25, -0.2) is 0 Å². The summed E-state index contributed by atoms with van der Waals surface area (Å²) in [5.41, 5.74) is 3.54. The lowest BCUT2D eigenvalue weighted by atomic mass is 9.78. The van der Waals surface area contributed by atoms with Crippen molar-refractivity contribution in [1.82, 2.24) is 4.98 Å². The molecule has 0 radical (unpaired) electrons. The van der Waals surface area contributed by atoms with Crippen LogP contribution >= 0.6 is 0 Å². The smallest absolute Gasteiger partial charge is 0.119 e. The maximum absolute atomic E-state index is 6.03. The standard InChI is InChI=1S/C30H45NO/c1-3-5-7-10-25-13-15-26(16-14-25)12-9-23-32-29-20-18-28(19-21-29)30-22-17-27(24-31-30)11-8-6-4-2/h17-22,24-26H,3-16,23H2,1-2H3. The predicted molar refractivity (Wildman–Crippen MR) is 137 cm³/mol. The molecule has 1 saturated carbocycles. The third kappa shape index (κ3) is 8.60. The van der Waals surface area contributed by atoms with E-state index in [2.05, 4.69) is 55.2 Å².